The summed E-state index contributed by atoms with van der Waals surface area (Å²) >= 11 is 0. The molecule has 8 nitrogen and oxygen atoms in total. The van der Waals surface area contributed by atoms with Crippen LogP contribution in [0.2, 0.25) is 0 Å². The van der Waals surface area contributed by atoms with Gasteiger partial charge in [-0.1, -0.05) is 17.3 Å². The van der Waals surface area contributed by atoms with Crippen LogP contribution in [0.5, 0.6) is 0 Å². The highest BCUT2D eigenvalue weighted by Crippen LogP contribution is 2.31. The highest BCUT2D eigenvalue weighted by Gasteiger charge is 2.15. The van der Waals surface area contributed by atoms with Crippen LogP contribution in [-0.2, 0) is 4.79 Å². The van der Waals surface area contributed by atoms with Crippen molar-refractivity contribution in [2.45, 2.75) is 20.8 Å². The molecule has 0 aliphatic carbocycles. The third-order valence-electron chi connectivity index (χ3n) is 4.66. The van der Waals surface area contributed by atoms with Gasteiger partial charge in [0.2, 0.25) is 5.91 Å². The fourth-order valence-electron chi connectivity index (χ4n) is 3.24. The molecule has 3 heterocycles. The molecular formula is C22H20N6O2. The van der Waals surface area contributed by atoms with Crippen LogP contribution in [0, 0.1) is 6.92 Å². The maximum atomic E-state index is 11.8. The van der Waals surface area contributed by atoms with Gasteiger partial charge in [-0.25, -0.2) is 14.6 Å². The molecule has 1 aromatic carbocycles. The van der Waals surface area contributed by atoms with Gasteiger partial charge in [-0.15, -0.1) is 0 Å². The van der Waals surface area contributed by atoms with Crippen molar-refractivity contribution in [1.82, 2.24) is 19.7 Å². The molecule has 0 aliphatic rings. The summed E-state index contributed by atoms with van der Waals surface area (Å²) in [6.07, 6.45) is 1.71. The quantitative estimate of drug-likeness (QED) is 0.307. The lowest BCUT2D eigenvalue weighted by Crippen LogP contribution is -2.07. The maximum Gasteiger partial charge on any atom is 0.221 e. The van der Waals surface area contributed by atoms with E-state index >= 15 is 0 Å². The van der Waals surface area contributed by atoms with Gasteiger partial charge in [0.05, 0.1) is 28.8 Å². The Labute approximate surface area is 172 Å². The van der Waals surface area contributed by atoms with Gasteiger partial charge in [0.1, 0.15) is 5.71 Å². The molecule has 0 spiro atoms. The highest BCUT2D eigenvalue weighted by atomic mass is 16.4. The second-order valence-electron chi connectivity index (χ2n) is 6.92. The molecule has 30 heavy (non-hydrogen) atoms. The maximum absolute atomic E-state index is 11.8. The number of fused-ring (bicyclic) bond motifs is 1. The van der Waals surface area contributed by atoms with Gasteiger partial charge in [0, 0.05) is 23.6 Å². The summed E-state index contributed by atoms with van der Waals surface area (Å²) in [6, 6.07) is 15.0. The first-order chi connectivity index (χ1) is 14.5. The number of aromatic nitrogens is 4. The molecule has 0 saturated carbocycles. The lowest BCUT2D eigenvalue weighted by atomic mass is 10.1. The zero-order valence-electron chi connectivity index (χ0n) is 16.8. The van der Waals surface area contributed by atoms with E-state index in [2.05, 4.69) is 25.5 Å². The summed E-state index contributed by atoms with van der Waals surface area (Å²) in [7, 11) is 0. The molecule has 0 unspecified atom stereocenters. The van der Waals surface area contributed by atoms with Crippen molar-refractivity contribution >= 4 is 28.2 Å². The molecule has 4 rings (SSSR count). The molecule has 3 aromatic heterocycles. The first kappa shape index (κ1) is 19.3. The minimum Gasteiger partial charge on any atom is -0.411 e. The van der Waals surface area contributed by atoms with E-state index in [0.29, 0.717) is 28.6 Å². The van der Waals surface area contributed by atoms with Crippen LogP contribution in [0.25, 0.3) is 28.0 Å². The van der Waals surface area contributed by atoms with Crippen molar-refractivity contribution in [1.29, 1.82) is 0 Å². The third-order valence-corrected chi connectivity index (χ3v) is 4.66. The monoisotopic (exact) mass is 400 g/mol. The average Bonchev–Trinajstić information content (AvgIpc) is 3.17. The molecule has 150 valence electrons. The Kier molecular flexibility index (Phi) is 4.97. The molecule has 0 radical (unpaired) electrons. The Hall–Kier alpha value is -4.07. The third kappa shape index (κ3) is 3.62. The second-order valence-corrected chi connectivity index (χ2v) is 6.92. The number of nitrogens with one attached hydrogen (secondary N) is 1. The molecule has 0 aliphatic heterocycles. The summed E-state index contributed by atoms with van der Waals surface area (Å²) in [6.45, 7) is 5.06. The predicted molar refractivity (Wildman–Crippen MR) is 115 cm³/mol. The largest absolute Gasteiger partial charge is 0.411 e. The smallest absolute Gasteiger partial charge is 0.221 e. The number of anilines is 1. The van der Waals surface area contributed by atoms with Crippen LogP contribution in [0.1, 0.15) is 25.2 Å². The lowest BCUT2D eigenvalue weighted by molar-refractivity contribution is -0.114. The molecule has 4 aromatic rings. The number of carbonyl (C=O) groups is 1. The predicted octanol–water partition coefficient (Wildman–Crippen LogP) is 3.95. The van der Waals surface area contributed by atoms with E-state index in [1.54, 1.807) is 23.9 Å². The van der Waals surface area contributed by atoms with Gasteiger partial charge in [-0.05, 0) is 50.2 Å². The fourth-order valence-corrected chi connectivity index (χ4v) is 3.24. The first-order valence-electron chi connectivity index (χ1n) is 9.36. The van der Waals surface area contributed by atoms with Crippen molar-refractivity contribution < 1.29 is 10.0 Å². The number of hydrogen-bond acceptors (Lipinski definition) is 6. The minimum absolute atomic E-state index is 0.181. The molecule has 2 N–H and O–H groups in total. The number of pyridine rings is 2. The SMILES string of the molecule is CC(=O)Nc1cc(-c2cccc(C(C)=NO)n2)cc2c1cnn2-c1cccc(C)n1. The second kappa shape index (κ2) is 7.75. The zero-order valence-corrected chi connectivity index (χ0v) is 16.8. The number of oxime groups is 1. The lowest BCUT2D eigenvalue weighted by Gasteiger charge is -2.10. The summed E-state index contributed by atoms with van der Waals surface area (Å²) in [4.78, 5) is 21.0. The van der Waals surface area contributed by atoms with Crippen LogP contribution >= 0.6 is 0 Å². The van der Waals surface area contributed by atoms with E-state index in [4.69, 9.17) is 5.21 Å². The van der Waals surface area contributed by atoms with E-state index < -0.39 is 0 Å². The van der Waals surface area contributed by atoms with Crippen LogP contribution in [0.3, 0.4) is 0 Å². The van der Waals surface area contributed by atoms with Crippen molar-refractivity contribution in [2.24, 2.45) is 5.16 Å². The van der Waals surface area contributed by atoms with Gasteiger partial charge in [-0.3, -0.25) is 4.79 Å². The molecule has 0 saturated heterocycles. The Morgan fingerprint density at radius 2 is 1.90 bits per heavy atom. The summed E-state index contributed by atoms with van der Waals surface area (Å²) < 4.78 is 1.74. The van der Waals surface area contributed by atoms with E-state index in [1.807, 2.05) is 49.4 Å². The minimum atomic E-state index is -0.181. The van der Waals surface area contributed by atoms with Gasteiger partial charge >= 0.3 is 0 Å². The number of aryl methyl sites for hydroxylation is 1. The van der Waals surface area contributed by atoms with E-state index in [-0.39, 0.29) is 5.91 Å². The molecule has 0 fully saturated rings. The number of nitrogens with zero attached hydrogens (tertiary/aromatic N) is 5. The molecule has 1 amide bonds. The first-order valence-corrected chi connectivity index (χ1v) is 9.36. The van der Waals surface area contributed by atoms with Crippen LogP contribution < -0.4 is 5.32 Å². The summed E-state index contributed by atoms with van der Waals surface area (Å²) in [5, 5.41) is 20.5. The van der Waals surface area contributed by atoms with Gasteiger partial charge < -0.3 is 10.5 Å². The van der Waals surface area contributed by atoms with Crippen LogP contribution in [-0.4, -0.2) is 36.6 Å². The van der Waals surface area contributed by atoms with E-state index in [0.717, 1.165) is 22.2 Å². The van der Waals surface area contributed by atoms with Crippen LogP contribution in [0.4, 0.5) is 5.69 Å². The fraction of sp³-hybridized carbons (Fsp3) is 0.136. The standard InChI is InChI=1S/C22H20N6O2/c1-13-6-4-9-22(24-13)28-21-11-16(10-20(25-15(3)29)17(21)12-23-28)19-8-5-7-18(26-19)14(2)27-30/h4-12,30H,1-3H3,(H,25,29). The molecular weight excluding hydrogens is 380 g/mol. The van der Waals surface area contributed by atoms with Crippen molar-refractivity contribution in [2.75, 3.05) is 5.32 Å². The number of rotatable bonds is 4. The number of amides is 1. The molecule has 0 bridgehead atoms. The van der Waals surface area contributed by atoms with Crippen molar-refractivity contribution in [3.8, 4) is 17.1 Å². The summed E-state index contributed by atoms with van der Waals surface area (Å²) in [5.41, 5.74) is 4.73. The highest BCUT2D eigenvalue weighted by molar-refractivity contribution is 6.03. The number of hydrogen-bond donors (Lipinski definition) is 2. The Morgan fingerprint density at radius 1 is 1.10 bits per heavy atom. The molecule has 0 atom stereocenters. The van der Waals surface area contributed by atoms with E-state index in [9.17, 15) is 4.79 Å². The Morgan fingerprint density at radius 3 is 2.63 bits per heavy atom. The van der Waals surface area contributed by atoms with E-state index in [1.165, 1.54) is 6.92 Å². The average molecular weight is 400 g/mol. The van der Waals surface area contributed by atoms with Crippen LogP contribution in [0.15, 0.2) is 59.9 Å². The van der Waals surface area contributed by atoms with Crippen molar-refractivity contribution in [3.05, 3.63) is 66.1 Å². The molecule has 8 heteroatoms. The van der Waals surface area contributed by atoms with Gasteiger partial charge in [0.15, 0.2) is 5.82 Å². The number of benzene rings is 1. The Bertz CT molecular complexity index is 1290. The van der Waals surface area contributed by atoms with Crippen molar-refractivity contribution in [3.63, 3.8) is 0 Å². The zero-order chi connectivity index (χ0) is 21.3. The number of carbonyl (C=O) groups excluding carboxylic acids is 1. The normalized spacial score (nSPS) is 11.6. The Balaban J connectivity index is 1.95. The van der Waals surface area contributed by atoms with Gasteiger partial charge in [-0.2, -0.15) is 5.10 Å². The summed E-state index contributed by atoms with van der Waals surface area (Å²) in [5.74, 6) is 0.501. The topological polar surface area (TPSA) is 105 Å². The van der Waals surface area contributed by atoms with Gasteiger partial charge in [0.25, 0.3) is 0 Å².